The Morgan fingerprint density at radius 2 is 2.10 bits per heavy atom. The second-order valence-electron chi connectivity index (χ2n) is 4.55. The largest absolute Gasteiger partial charge is 0.495 e. The summed E-state index contributed by atoms with van der Waals surface area (Å²) < 4.78 is 0. The van der Waals surface area contributed by atoms with E-state index in [1.165, 1.54) is 18.4 Å². The quantitative estimate of drug-likeness (QED) is 0.658. The molecule has 1 N–H and O–H groups in total. The molecule has 0 unspecified atom stereocenters. The minimum absolute atomic E-state index is 0. The summed E-state index contributed by atoms with van der Waals surface area (Å²) in [7, 11) is 1.69. The van der Waals surface area contributed by atoms with E-state index in [1.54, 1.807) is 11.9 Å². The second kappa shape index (κ2) is 9.47. The summed E-state index contributed by atoms with van der Waals surface area (Å²) in [5.74, 6) is -0.527. The van der Waals surface area contributed by atoms with Gasteiger partial charge < -0.3 is 26.8 Å². The molecule has 1 rings (SSSR count). The first-order valence-electron chi connectivity index (χ1n) is 6.40. The molecular weight excluding hydrogens is 335 g/mol. The Morgan fingerprint density at radius 1 is 1.45 bits per heavy atom. The third-order valence-corrected chi connectivity index (χ3v) is 3.05. The molecule has 0 bridgehead atoms. The zero-order valence-electron chi connectivity index (χ0n) is 12.1. The Morgan fingerprint density at radius 3 is 2.60 bits per heavy atom. The van der Waals surface area contributed by atoms with Crippen LogP contribution in [-0.4, -0.2) is 60.1 Å². The molecule has 0 aromatic carbocycles. The van der Waals surface area contributed by atoms with Crippen molar-refractivity contribution in [1.29, 1.82) is 0 Å². The molecule has 1 saturated heterocycles. The van der Waals surface area contributed by atoms with Crippen LogP contribution in [0.1, 0.15) is 19.8 Å². The van der Waals surface area contributed by atoms with Gasteiger partial charge in [0.1, 0.15) is 6.04 Å². The van der Waals surface area contributed by atoms with Crippen molar-refractivity contribution in [3.63, 3.8) is 0 Å². The molecule has 1 atom stereocenters. The van der Waals surface area contributed by atoms with Gasteiger partial charge in [-0.1, -0.05) is 0 Å². The Hall–Kier alpha value is -0.456. The maximum absolute atomic E-state index is 12.3. The van der Waals surface area contributed by atoms with Crippen LogP contribution in [0.3, 0.4) is 0 Å². The molecule has 0 aromatic rings. The van der Waals surface area contributed by atoms with Gasteiger partial charge in [0.05, 0.1) is 6.54 Å². The summed E-state index contributed by atoms with van der Waals surface area (Å²) in [6, 6.07) is -0.474. The molecule has 0 spiro atoms. The van der Waals surface area contributed by atoms with Gasteiger partial charge in [0.25, 0.3) is 0 Å². The Balaban J connectivity index is 0.00000361. The molecule has 2 amide bonds. The van der Waals surface area contributed by atoms with Crippen LogP contribution in [0.2, 0.25) is 0 Å². The zero-order valence-corrected chi connectivity index (χ0v) is 14.9. The van der Waals surface area contributed by atoms with Gasteiger partial charge in [-0.3, -0.25) is 9.59 Å². The summed E-state index contributed by atoms with van der Waals surface area (Å²) in [4.78, 5) is 38.2. The predicted octanol–water partition coefficient (Wildman–Crippen LogP) is -0.392. The fourth-order valence-electron chi connectivity index (χ4n) is 2.22. The fraction of sp³-hybridized carbons (Fsp3) is 0.615. The van der Waals surface area contributed by atoms with Crippen molar-refractivity contribution < 1.29 is 47.1 Å². The normalized spacial score (nSPS) is 17.4. The van der Waals surface area contributed by atoms with Crippen molar-refractivity contribution in [2.45, 2.75) is 25.8 Å². The maximum Gasteiger partial charge on any atom is 0.237 e. The minimum atomic E-state index is -0.474. The minimum Gasteiger partial charge on any atom is -0.495 e. The molecule has 1 aliphatic rings. The third kappa shape index (κ3) is 5.15. The summed E-state index contributed by atoms with van der Waals surface area (Å²) in [5.41, 5.74) is 0. The van der Waals surface area contributed by atoms with Gasteiger partial charge in [0, 0.05) is 45.0 Å². The molecule has 1 radical (unpaired) electrons. The molecular formula is C13H21N3O3Y-2. The van der Waals surface area contributed by atoms with Crippen molar-refractivity contribution in [3.05, 3.63) is 13.5 Å². The number of hydrogen-bond acceptors (Lipinski definition) is 4. The van der Waals surface area contributed by atoms with E-state index < -0.39 is 6.04 Å². The summed E-state index contributed by atoms with van der Waals surface area (Å²) >= 11 is 0. The van der Waals surface area contributed by atoms with E-state index in [0.717, 1.165) is 6.42 Å². The van der Waals surface area contributed by atoms with E-state index in [-0.39, 0.29) is 63.4 Å². The predicted molar refractivity (Wildman–Crippen MR) is 70.7 cm³/mol. The smallest absolute Gasteiger partial charge is 0.237 e. The molecule has 6 nitrogen and oxygen atoms in total. The summed E-state index contributed by atoms with van der Waals surface area (Å²) in [6.07, 6.45) is 1.44. The molecule has 0 aliphatic carbocycles. The topological polar surface area (TPSA) is 69.7 Å². The van der Waals surface area contributed by atoms with Crippen LogP contribution in [0.25, 0.3) is 0 Å². The molecule has 0 saturated carbocycles. The van der Waals surface area contributed by atoms with E-state index in [1.807, 2.05) is 0 Å². The summed E-state index contributed by atoms with van der Waals surface area (Å²) in [5, 5.41) is 2.79. The van der Waals surface area contributed by atoms with Crippen molar-refractivity contribution >= 4 is 17.6 Å². The van der Waals surface area contributed by atoms with Gasteiger partial charge in [0.15, 0.2) is 0 Å². The van der Waals surface area contributed by atoms with Gasteiger partial charge in [-0.2, -0.15) is 0 Å². The van der Waals surface area contributed by atoms with Crippen LogP contribution < -0.4 is 5.32 Å². The van der Waals surface area contributed by atoms with Crippen LogP contribution in [0.4, 0.5) is 0 Å². The maximum atomic E-state index is 12.3. The number of hydrogen-bond donors (Lipinski definition) is 1. The molecule has 1 fully saturated rings. The van der Waals surface area contributed by atoms with Gasteiger partial charge in [-0.05, 0) is 26.8 Å². The van der Waals surface area contributed by atoms with Crippen LogP contribution in [0, 0.1) is 13.5 Å². The first-order valence-corrected chi connectivity index (χ1v) is 6.40. The number of likely N-dealkylation sites (N-methyl/N-ethyl adjacent to an activating group) is 1. The summed E-state index contributed by atoms with van der Waals surface area (Å²) in [6.45, 7) is 7.25. The average molecular weight is 356 g/mol. The van der Waals surface area contributed by atoms with Crippen LogP contribution >= 0.6 is 0 Å². The van der Waals surface area contributed by atoms with Crippen molar-refractivity contribution in [2.24, 2.45) is 0 Å². The molecule has 20 heavy (non-hydrogen) atoms. The second-order valence-corrected chi connectivity index (χ2v) is 4.55. The third-order valence-electron chi connectivity index (χ3n) is 3.05. The number of nitrogens with one attached hydrogen (secondary N) is 1. The van der Waals surface area contributed by atoms with Crippen molar-refractivity contribution in [2.75, 3.05) is 26.7 Å². The molecule has 1 heterocycles. The molecule has 1 aliphatic heterocycles. The Bertz CT molecular complexity index is 363. The van der Waals surface area contributed by atoms with Gasteiger partial charge >= 0.3 is 0 Å². The van der Waals surface area contributed by atoms with E-state index in [2.05, 4.69) is 12.2 Å². The van der Waals surface area contributed by atoms with Gasteiger partial charge in [-0.25, -0.2) is 6.54 Å². The zero-order chi connectivity index (χ0) is 14.4. The molecule has 7 heteroatoms. The SMILES string of the molecule is [CH2-]CN([CH-]C(C)=O)C(=O)[C@H]1CCCN1C(=O)CNC.[Y]. The van der Waals surface area contributed by atoms with Crippen LogP contribution in [0.5, 0.6) is 0 Å². The molecule has 0 aromatic heterocycles. The van der Waals surface area contributed by atoms with Crippen molar-refractivity contribution in [3.8, 4) is 0 Å². The first-order chi connectivity index (χ1) is 9.01. The number of carbonyl (C=O) groups excluding carboxylic acids is 3. The standard InChI is InChI=1S/C13H21N3O3.Y/c1-4-15(9-10(2)17)13(19)11-6-5-7-16(11)12(18)8-14-3;/h9,11,14H,1,4-8H2,2-3H3;/q-2;/t11-;/m1./s1. The Labute approximate surface area is 145 Å². The molecule has 111 valence electrons. The van der Waals surface area contributed by atoms with E-state index in [4.69, 9.17) is 0 Å². The number of nitrogens with zero attached hydrogens (tertiary/aromatic N) is 2. The number of ketones is 1. The van der Waals surface area contributed by atoms with E-state index in [0.29, 0.717) is 13.0 Å². The van der Waals surface area contributed by atoms with Crippen LogP contribution in [-0.2, 0) is 47.1 Å². The number of Topliss-reactive ketones (excluding diaryl/α,β-unsaturated/α-hetero) is 1. The number of rotatable bonds is 6. The number of likely N-dealkylation sites (tertiary alicyclic amines) is 1. The number of carbonyl (C=O) groups is 3. The van der Waals surface area contributed by atoms with E-state index >= 15 is 0 Å². The fourth-order valence-corrected chi connectivity index (χ4v) is 2.22. The van der Waals surface area contributed by atoms with Gasteiger partial charge in [0.2, 0.25) is 11.8 Å². The Kier molecular flexibility index (Phi) is 9.26. The first kappa shape index (κ1) is 19.5. The average Bonchev–Trinajstić information content (AvgIpc) is 2.84. The van der Waals surface area contributed by atoms with Crippen molar-refractivity contribution in [1.82, 2.24) is 15.1 Å². The monoisotopic (exact) mass is 356 g/mol. The van der Waals surface area contributed by atoms with Crippen LogP contribution in [0.15, 0.2) is 0 Å². The number of amides is 2. The van der Waals surface area contributed by atoms with E-state index in [9.17, 15) is 14.4 Å². The van der Waals surface area contributed by atoms with Gasteiger partial charge in [-0.15, -0.1) is 6.54 Å².